The van der Waals surface area contributed by atoms with Crippen molar-refractivity contribution >= 4 is 28.7 Å². The molecule has 7 nitrogen and oxygen atoms in total. The van der Waals surface area contributed by atoms with Crippen molar-refractivity contribution in [2.24, 2.45) is 5.92 Å². The molecule has 1 unspecified atom stereocenters. The number of H-pyrrole nitrogens is 1. The number of amides is 2. The molecule has 2 amide bonds. The van der Waals surface area contributed by atoms with Gasteiger partial charge in [0.1, 0.15) is 0 Å². The van der Waals surface area contributed by atoms with Crippen LogP contribution in [0.5, 0.6) is 0 Å². The summed E-state index contributed by atoms with van der Waals surface area (Å²) in [6.07, 6.45) is 0.304. The normalized spacial score (nSPS) is 15.6. The number of rotatable bonds is 6. The summed E-state index contributed by atoms with van der Waals surface area (Å²) in [5.41, 5.74) is 4.58. The minimum Gasteiger partial charge on any atom is -0.465 e. The molecular formula is C33H30N4O3. The molecule has 1 atom stereocenters. The second-order valence-electron chi connectivity index (χ2n) is 10.2. The van der Waals surface area contributed by atoms with E-state index in [1.165, 1.54) is 4.90 Å². The van der Waals surface area contributed by atoms with E-state index in [4.69, 9.17) is 0 Å². The van der Waals surface area contributed by atoms with Crippen LogP contribution in [0.3, 0.4) is 0 Å². The standard InChI is InChI=1S/C33H30N4O3/c38-31(23-11-10-20-37(22-23)32(39)40)34-30-28-21-27(18-19-29(28)35-36-30)33(24-12-4-1-5-13-24,25-14-6-2-7-15-25)26-16-8-3-9-17-26/h1-9,12-19,21,23H,10-11,20,22H2,(H,39,40)(H2,34,35,36,38). The molecular weight excluding hydrogens is 500 g/mol. The number of aromatic nitrogens is 2. The highest BCUT2D eigenvalue weighted by atomic mass is 16.4. The minimum absolute atomic E-state index is 0.188. The number of piperidine rings is 1. The Morgan fingerprint density at radius 3 is 1.95 bits per heavy atom. The molecule has 3 N–H and O–H groups in total. The molecule has 1 saturated heterocycles. The van der Waals surface area contributed by atoms with Crippen LogP contribution in [-0.2, 0) is 10.2 Å². The van der Waals surface area contributed by atoms with Crippen LogP contribution in [0.25, 0.3) is 10.9 Å². The number of aromatic amines is 1. The molecule has 5 aromatic rings. The lowest BCUT2D eigenvalue weighted by molar-refractivity contribution is -0.121. The molecule has 4 aromatic carbocycles. The Kier molecular flexibility index (Phi) is 6.78. The zero-order valence-corrected chi connectivity index (χ0v) is 22.0. The second kappa shape index (κ2) is 10.7. The largest absolute Gasteiger partial charge is 0.465 e. The summed E-state index contributed by atoms with van der Waals surface area (Å²) in [7, 11) is 0. The van der Waals surface area contributed by atoms with Crippen molar-refractivity contribution in [3.05, 3.63) is 131 Å². The first kappa shape index (κ1) is 25.4. The third-order valence-corrected chi connectivity index (χ3v) is 7.92. The quantitative estimate of drug-likeness (QED) is 0.225. The van der Waals surface area contributed by atoms with Crippen molar-refractivity contribution < 1.29 is 14.7 Å². The maximum atomic E-state index is 13.2. The van der Waals surface area contributed by atoms with Gasteiger partial charge in [-0.1, -0.05) is 97.1 Å². The number of benzene rings is 4. The highest BCUT2D eigenvalue weighted by molar-refractivity contribution is 6.01. The first-order valence-corrected chi connectivity index (χ1v) is 13.5. The molecule has 6 rings (SSSR count). The molecule has 0 spiro atoms. The van der Waals surface area contributed by atoms with Gasteiger partial charge >= 0.3 is 6.09 Å². The fraction of sp³-hybridized carbons (Fsp3) is 0.182. The van der Waals surface area contributed by atoms with Crippen LogP contribution >= 0.6 is 0 Å². The minimum atomic E-state index is -0.994. The number of carbonyl (C=O) groups excluding carboxylic acids is 1. The molecule has 1 aliphatic heterocycles. The SMILES string of the molecule is O=C(Nc1n[nH]c2ccc(C(c3ccccc3)(c3ccccc3)c3ccccc3)cc12)C1CCCN(C(=O)O)C1. The van der Waals surface area contributed by atoms with Crippen LogP contribution in [0.15, 0.2) is 109 Å². The zero-order valence-electron chi connectivity index (χ0n) is 22.0. The zero-order chi connectivity index (χ0) is 27.5. The van der Waals surface area contributed by atoms with Crippen LogP contribution in [0.4, 0.5) is 10.6 Å². The number of likely N-dealkylation sites (tertiary alicyclic amines) is 1. The Balaban J connectivity index is 1.48. The molecule has 1 aromatic heterocycles. The third kappa shape index (κ3) is 4.49. The lowest BCUT2D eigenvalue weighted by atomic mass is 9.65. The number of nitrogens with one attached hydrogen (secondary N) is 2. The van der Waals surface area contributed by atoms with E-state index in [0.29, 0.717) is 25.2 Å². The van der Waals surface area contributed by atoms with Crippen molar-refractivity contribution in [3.8, 4) is 0 Å². The monoisotopic (exact) mass is 530 g/mol. The van der Waals surface area contributed by atoms with Crippen LogP contribution in [0.2, 0.25) is 0 Å². The number of carboxylic acid groups (broad SMARTS) is 1. The summed E-state index contributed by atoms with van der Waals surface area (Å²) in [6, 6.07) is 37.6. The number of hydrogen-bond donors (Lipinski definition) is 3. The summed E-state index contributed by atoms with van der Waals surface area (Å²) in [6.45, 7) is 0.641. The van der Waals surface area contributed by atoms with E-state index in [2.05, 4.69) is 100 Å². The van der Waals surface area contributed by atoms with Crippen LogP contribution < -0.4 is 5.32 Å². The summed E-state index contributed by atoms with van der Waals surface area (Å²) < 4.78 is 0. The average Bonchev–Trinajstić information content (AvgIpc) is 3.41. The van der Waals surface area contributed by atoms with Crippen LogP contribution in [0.1, 0.15) is 35.1 Å². The maximum absolute atomic E-state index is 13.2. The average molecular weight is 531 g/mol. The summed E-state index contributed by atoms with van der Waals surface area (Å²) in [5, 5.41) is 20.7. The molecule has 0 saturated carbocycles. The maximum Gasteiger partial charge on any atom is 0.407 e. The van der Waals surface area contributed by atoms with Gasteiger partial charge in [0.15, 0.2) is 5.82 Å². The lowest BCUT2D eigenvalue weighted by Gasteiger charge is -2.37. The molecule has 1 aliphatic rings. The highest BCUT2D eigenvalue weighted by Crippen LogP contribution is 2.46. The van der Waals surface area contributed by atoms with E-state index in [1.807, 2.05) is 24.3 Å². The predicted molar refractivity (Wildman–Crippen MR) is 155 cm³/mol. The number of nitrogens with zero attached hydrogens (tertiary/aromatic N) is 2. The number of carbonyl (C=O) groups is 2. The third-order valence-electron chi connectivity index (χ3n) is 7.92. The van der Waals surface area contributed by atoms with E-state index < -0.39 is 17.4 Å². The van der Waals surface area contributed by atoms with Gasteiger partial charge in [0.2, 0.25) is 5.91 Å². The Bertz CT molecular complexity index is 1540. The second-order valence-corrected chi connectivity index (χ2v) is 10.2. The summed E-state index contributed by atoms with van der Waals surface area (Å²) in [4.78, 5) is 26.0. The van der Waals surface area contributed by atoms with Gasteiger partial charge in [-0.3, -0.25) is 9.89 Å². The molecule has 200 valence electrons. The summed E-state index contributed by atoms with van der Waals surface area (Å²) >= 11 is 0. The van der Waals surface area contributed by atoms with E-state index in [0.717, 1.165) is 33.2 Å². The van der Waals surface area contributed by atoms with Crippen molar-refractivity contribution in [3.63, 3.8) is 0 Å². The van der Waals surface area contributed by atoms with Crippen molar-refractivity contribution in [1.29, 1.82) is 0 Å². The topological polar surface area (TPSA) is 98.3 Å². The van der Waals surface area contributed by atoms with Gasteiger partial charge in [0, 0.05) is 18.5 Å². The van der Waals surface area contributed by atoms with Gasteiger partial charge in [-0.05, 0) is 47.2 Å². The van der Waals surface area contributed by atoms with Crippen molar-refractivity contribution in [1.82, 2.24) is 15.1 Å². The van der Waals surface area contributed by atoms with E-state index >= 15 is 0 Å². The Morgan fingerprint density at radius 1 is 0.825 bits per heavy atom. The Morgan fingerprint density at radius 2 is 1.40 bits per heavy atom. The van der Waals surface area contributed by atoms with Crippen LogP contribution in [0, 0.1) is 5.92 Å². The van der Waals surface area contributed by atoms with Crippen molar-refractivity contribution in [2.75, 3.05) is 18.4 Å². The predicted octanol–water partition coefficient (Wildman–Crippen LogP) is 6.27. The molecule has 2 heterocycles. The van der Waals surface area contributed by atoms with Gasteiger partial charge in [-0.15, -0.1) is 0 Å². The van der Waals surface area contributed by atoms with E-state index in [9.17, 15) is 14.7 Å². The van der Waals surface area contributed by atoms with Crippen molar-refractivity contribution in [2.45, 2.75) is 18.3 Å². The van der Waals surface area contributed by atoms with Crippen LogP contribution in [-0.4, -0.2) is 45.3 Å². The fourth-order valence-corrected chi connectivity index (χ4v) is 5.99. The Labute approximate surface area is 232 Å². The summed E-state index contributed by atoms with van der Waals surface area (Å²) in [5.74, 6) is -0.195. The van der Waals surface area contributed by atoms with E-state index in [1.54, 1.807) is 0 Å². The Hall–Kier alpha value is -4.91. The highest BCUT2D eigenvalue weighted by Gasteiger charge is 2.38. The van der Waals surface area contributed by atoms with Gasteiger partial charge in [-0.2, -0.15) is 5.10 Å². The molecule has 0 aliphatic carbocycles. The molecule has 7 heteroatoms. The number of fused-ring (bicyclic) bond motifs is 1. The van der Waals surface area contributed by atoms with E-state index in [-0.39, 0.29) is 12.5 Å². The van der Waals surface area contributed by atoms with Gasteiger partial charge in [0.05, 0.1) is 16.8 Å². The molecule has 0 radical (unpaired) electrons. The molecule has 0 bridgehead atoms. The number of anilines is 1. The molecule has 40 heavy (non-hydrogen) atoms. The van der Waals surface area contributed by atoms with Gasteiger partial charge < -0.3 is 15.3 Å². The van der Waals surface area contributed by atoms with Gasteiger partial charge in [-0.25, -0.2) is 4.79 Å². The lowest BCUT2D eigenvalue weighted by Crippen LogP contribution is -2.43. The first-order chi connectivity index (χ1) is 19.6. The first-order valence-electron chi connectivity index (χ1n) is 13.5. The fourth-order valence-electron chi connectivity index (χ4n) is 5.99. The number of hydrogen-bond acceptors (Lipinski definition) is 3. The van der Waals surface area contributed by atoms with Gasteiger partial charge in [0.25, 0.3) is 0 Å². The smallest absolute Gasteiger partial charge is 0.407 e. The molecule has 1 fully saturated rings.